The smallest absolute Gasteiger partial charge is 0.152 e. The molecular weight excluding hydrogens is 241 g/mol. The highest BCUT2D eigenvalue weighted by molar-refractivity contribution is 5.84. The van der Waals surface area contributed by atoms with Crippen LogP contribution in [0.5, 0.6) is 0 Å². The number of rotatable bonds is 2. The van der Waals surface area contributed by atoms with Crippen LogP contribution in [-0.2, 0) is 0 Å². The molecule has 1 aromatic heterocycles. The summed E-state index contributed by atoms with van der Waals surface area (Å²) in [6.45, 7) is 0. The van der Waals surface area contributed by atoms with Crippen molar-refractivity contribution in [2.24, 2.45) is 0 Å². The second-order valence-electron chi connectivity index (χ2n) is 4.27. The van der Waals surface area contributed by atoms with E-state index in [4.69, 9.17) is 0 Å². The van der Waals surface area contributed by atoms with Crippen molar-refractivity contribution in [3.05, 3.63) is 66.1 Å². The number of nitrogens with zero attached hydrogens (tertiary/aromatic N) is 1. The Morgan fingerprint density at radius 3 is 2.58 bits per heavy atom. The minimum Gasteiger partial charge on any atom is -0.298 e. The highest BCUT2D eigenvalue weighted by Crippen LogP contribution is 2.24. The minimum absolute atomic E-state index is 0.0719. The van der Waals surface area contributed by atoms with Crippen molar-refractivity contribution in [1.82, 2.24) is 4.98 Å². The van der Waals surface area contributed by atoms with Gasteiger partial charge in [-0.05, 0) is 35.4 Å². The molecule has 0 unspecified atom stereocenters. The predicted molar refractivity (Wildman–Crippen MR) is 72.5 cm³/mol. The fourth-order valence-corrected chi connectivity index (χ4v) is 2.05. The number of hydrogen-bond acceptors (Lipinski definition) is 2. The molecule has 0 spiro atoms. The van der Waals surface area contributed by atoms with Crippen molar-refractivity contribution in [2.75, 3.05) is 0 Å². The van der Waals surface area contributed by atoms with Crippen LogP contribution in [0.1, 0.15) is 10.4 Å². The topological polar surface area (TPSA) is 30.0 Å². The van der Waals surface area contributed by atoms with Crippen molar-refractivity contribution in [3.8, 4) is 11.1 Å². The van der Waals surface area contributed by atoms with Gasteiger partial charge in [-0.25, -0.2) is 4.39 Å². The number of halogens is 1. The first-order valence-corrected chi connectivity index (χ1v) is 5.88. The Kier molecular flexibility index (Phi) is 2.80. The first-order valence-electron chi connectivity index (χ1n) is 5.88. The van der Waals surface area contributed by atoms with E-state index in [9.17, 15) is 9.18 Å². The molecule has 0 atom stereocenters. The Balaban J connectivity index is 2.13. The first-order chi connectivity index (χ1) is 9.28. The van der Waals surface area contributed by atoms with E-state index >= 15 is 0 Å². The lowest BCUT2D eigenvalue weighted by Crippen LogP contribution is -1.88. The standard InChI is InChI=1S/C16H10FNO/c17-15-8-12(5-6-14(15)10-19)13-4-3-11-2-1-7-18-16(11)9-13/h1-10H. The van der Waals surface area contributed by atoms with Gasteiger partial charge in [0.15, 0.2) is 6.29 Å². The number of pyridine rings is 1. The van der Waals surface area contributed by atoms with Gasteiger partial charge < -0.3 is 0 Å². The molecule has 0 bridgehead atoms. The Morgan fingerprint density at radius 2 is 1.79 bits per heavy atom. The van der Waals surface area contributed by atoms with Crippen LogP contribution in [0.4, 0.5) is 4.39 Å². The molecule has 92 valence electrons. The van der Waals surface area contributed by atoms with E-state index in [1.54, 1.807) is 12.3 Å². The zero-order valence-corrected chi connectivity index (χ0v) is 10.0. The molecule has 0 N–H and O–H groups in total. The van der Waals surface area contributed by atoms with Crippen LogP contribution >= 0.6 is 0 Å². The maximum absolute atomic E-state index is 13.6. The number of benzene rings is 2. The Labute approximate surface area is 109 Å². The van der Waals surface area contributed by atoms with Crippen LogP contribution in [0, 0.1) is 5.82 Å². The van der Waals surface area contributed by atoms with Crippen LogP contribution in [0.3, 0.4) is 0 Å². The summed E-state index contributed by atoms with van der Waals surface area (Å²) in [5.74, 6) is -0.506. The van der Waals surface area contributed by atoms with E-state index < -0.39 is 5.82 Å². The van der Waals surface area contributed by atoms with Gasteiger partial charge in [-0.3, -0.25) is 9.78 Å². The van der Waals surface area contributed by atoms with Crippen molar-refractivity contribution in [3.63, 3.8) is 0 Å². The molecule has 0 saturated heterocycles. The molecule has 19 heavy (non-hydrogen) atoms. The summed E-state index contributed by atoms with van der Waals surface area (Å²) in [4.78, 5) is 14.9. The van der Waals surface area contributed by atoms with Gasteiger partial charge in [0.25, 0.3) is 0 Å². The molecule has 3 heteroatoms. The summed E-state index contributed by atoms with van der Waals surface area (Å²) < 4.78 is 13.6. The fourth-order valence-electron chi connectivity index (χ4n) is 2.05. The molecule has 0 radical (unpaired) electrons. The Bertz CT molecular complexity index is 768. The van der Waals surface area contributed by atoms with E-state index in [-0.39, 0.29) is 5.56 Å². The number of aromatic nitrogens is 1. The zero-order chi connectivity index (χ0) is 13.2. The lowest BCUT2D eigenvalue weighted by Gasteiger charge is -2.04. The summed E-state index contributed by atoms with van der Waals surface area (Å²) in [7, 11) is 0. The van der Waals surface area contributed by atoms with Gasteiger partial charge in [0.2, 0.25) is 0 Å². The van der Waals surface area contributed by atoms with Crippen LogP contribution in [0.25, 0.3) is 22.0 Å². The van der Waals surface area contributed by atoms with Crippen LogP contribution in [0.15, 0.2) is 54.7 Å². The van der Waals surface area contributed by atoms with Gasteiger partial charge in [0.1, 0.15) is 5.82 Å². The van der Waals surface area contributed by atoms with Gasteiger partial charge in [0, 0.05) is 11.6 Å². The van der Waals surface area contributed by atoms with Crippen molar-refractivity contribution in [1.29, 1.82) is 0 Å². The van der Waals surface area contributed by atoms with E-state index in [0.717, 1.165) is 22.0 Å². The third-order valence-corrected chi connectivity index (χ3v) is 3.07. The third-order valence-electron chi connectivity index (χ3n) is 3.07. The number of fused-ring (bicyclic) bond motifs is 1. The first kappa shape index (κ1) is 11.5. The average molecular weight is 251 g/mol. The predicted octanol–water partition coefficient (Wildman–Crippen LogP) is 3.85. The molecule has 0 saturated carbocycles. The maximum atomic E-state index is 13.6. The van der Waals surface area contributed by atoms with Gasteiger partial charge in [-0.15, -0.1) is 0 Å². The van der Waals surface area contributed by atoms with Crippen LogP contribution in [0.2, 0.25) is 0 Å². The molecule has 0 aliphatic rings. The van der Waals surface area contributed by atoms with Crippen molar-refractivity contribution < 1.29 is 9.18 Å². The van der Waals surface area contributed by atoms with Crippen molar-refractivity contribution >= 4 is 17.2 Å². The Morgan fingerprint density at radius 1 is 1.00 bits per heavy atom. The SMILES string of the molecule is O=Cc1ccc(-c2ccc3cccnc3c2)cc1F. The molecule has 2 aromatic carbocycles. The highest BCUT2D eigenvalue weighted by atomic mass is 19.1. The second kappa shape index (κ2) is 4.61. The molecule has 3 rings (SSSR count). The summed E-state index contributed by atoms with van der Waals surface area (Å²) in [6, 6.07) is 14.2. The molecule has 0 fully saturated rings. The van der Waals surface area contributed by atoms with E-state index in [1.807, 2.05) is 30.3 Å². The summed E-state index contributed by atoms with van der Waals surface area (Å²) >= 11 is 0. The molecule has 0 amide bonds. The zero-order valence-electron chi connectivity index (χ0n) is 10.0. The minimum atomic E-state index is -0.506. The van der Waals surface area contributed by atoms with Gasteiger partial charge in [0.05, 0.1) is 11.1 Å². The van der Waals surface area contributed by atoms with E-state index in [1.165, 1.54) is 12.1 Å². The lowest BCUT2D eigenvalue weighted by atomic mass is 10.0. The number of carbonyl (C=O) groups excluding carboxylic acids is 1. The van der Waals surface area contributed by atoms with Crippen LogP contribution < -0.4 is 0 Å². The highest BCUT2D eigenvalue weighted by Gasteiger charge is 2.05. The molecule has 1 heterocycles. The Hall–Kier alpha value is -2.55. The van der Waals surface area contributed by atoms with Crippen LogP contribution in [-0.4, -0.2) is 11.3 Å². The lowest BCUT2D eigenvalue weighted by molar-refractivity contribution is 0.112. The molecule has 3 aromatic rings. The summed E-state index contributed by atoms with van der Waals surface area (Å²) in [6.07, 6.45) is 2.24. The van der Waals surface area contributed by atoms with Gasteiger partial charge in [-0.1, -0.05) is 24.3 Å². The second-order valence-corrected chi connectivity index (χ2v) is 4.27. The molecule has 0 aliphatic carbocycles. The quantitative estimate of drug-likeness (QED) is 0.647. The van der Waals surface area contributed by atoms with Gasteiger partial charge >= 0.3 is 0 Å². The normalized spacial score (nSPS) is 10.6. The number of aldehydes is 1. The van der Waals surface area contributed by atoms with Gasteiger partial charge in [-0.2, -0.15) is 0 Å². The number of carbonyl (C=O) groups is 1. The summed E-state index contributed by atoms with van der Waals surface area (Å²) in [5.41, 5.74) is 2.54. The van der Waals surface area contributed by atoms with E-state index in [2.05, 4.69) is 4.98 Å². The third kappa shape index (κ3) is 2.10. The molecule has 0 aliphatic heterocycles. The largest absolute Gasteiger partial charge is 0.298 e. The molecule has 2 nitrogen and oxygen atoms in total. The van der Waals surface area contributed by atoms with Crippen molar-refractivity contribution in [2.45, 2.75) is 0 Å². The monoisotopic (exact) mass is 251 g/mol. The maximum Gasteiger partial charge on any atom is 0.152 e. The van der Waals surface area contributed by atoms with E-state index in [0.29, 0.717) is 6.29 Å². The fraction of sp³-hybridized carbons (Fsp3) is 0. The average Bonchev–Trinajstić information content (AvgIpc) is 2.46. The summed E-state index contributed by atoms with van der Waals surface area (Å²) in [5, 5.41) is 1.04. The number of hydrogen-bond donors (Lipinski definition) is 0. The molecular formula is C16H10FNO.